The fourth-order valence-corrected chi connectivity index (χ4v) is 3.52. The van der Waals surface area contributed by atoms with Crippen molar-refractivity contribution in [1.82, 2.24) is 0 Å². The first-order valence-corrected chi connectivity index (χ1v) is 10.6. The maximum Gasteiger partial charge on any atom is 0.262 e. The van der Waals surface area contributed by atoms with Gasteiger partial charge in [0.25, 0.3) is 5.91 Å². The number of benzene rings is 3. The molecule has 0 unspecified atom stereocenters. The number of nitriles is 1. The molecule has 0 aromatic heterocycles. The highest BCUT2D eigenvalue weighted by molar-refractivity contribution is 9.10. The summed E-state index contributed by atoms with van der Waals surface area (Å²) in [5.41, 5.74) is 1.67. The highest BCUT2D eigenvalue weighted by atomic mass is 79.9. The molecular formula is C25H20BrFN2O3. The van der Waals surface area contributed by atoms with E-state index in [0.717, 1.165) is 0 Å². The van der Waals surface area contributed by atoms with E-state index in [1.807, 2.05) is 31.2 Å². The number of amides is 1. The van der Waals surface area contributed by atoms with Gasteiger partial charge in [0, 0.05) is 11.3 Å². The van der Waals surface area contributed by atoms with Gasteiger partial charge in [0.15, 0.2) is 18.1 Å². The van der Waals surface area contributed by atoms with Crippen LogP contribution >= 0.6 is 15.9 Å². The zero-order valence-electron chi connectivity index (χ0n) is 17.3. The van der Waals surface area contributed by atoms with E-state index in [0.29, 0.717) is 33.8 Å². The molecule has 0 saturated carbocycles. The maximum absolute atomic E-state index is 14.1. The van der Waals surface area contributed by atoms with Crippen LogP contribution in [0.5, 0.6) is 11.5 Å². The number of carbonyl (C=O) groups is 1. The van der Waals surface area contributed by atoms with Crippen LogP contribution in [0.25, 0.3) is 11.6 Å². The molecule has 1 N–H and O–H groups in total. The molecule has 0 heterocycles. The number of rotatable bonds is 8. The van der Waals surface area contributed by atoms with Crippen LogP contribution in [0.4, 0.5) is 10.1 Å². The normalized spacial score (nSPS) is 10.9. The molecule has 3 aromatic rings. The van der Waals surface area contributed by atoms with Crippen molar-refractivity contribution in [2.45, 2.75) is 6.92 Å². The molecule has 0 radical (unpaired) electrons. The Labute approximate surface area is 194 Å². The highest BCUT2D eigenvalue weighted by Gasteiger charge is 2.15. The summed E-state index contributed by atoms with van der Waals surface area (Å²) >= 11 is 3.44. The fourth-order valence-electron chi connectivity index (χ4n) is 2.95. The molecule has 3 aromatic carbocycles. The fraction of sp³-hybridized carbons (Fsp3) is 0.120. The second kappa shape index (κ2) is 11.1. The Balaban J connectivity index is 1.84. The van der Waals surface area contributed by atoms with Gasteiger partial charge in [0.1, 0.15) is 5.82 Å². The van der Waals surface area contributed by atoms with Gasteiger partial charge in [-0.2, -0.15) is 5.26 Å². The van der Waals surface area contributed by atoms with Crippen LogP contribution in [0.3, 0.4) is 0 Å². The molecule has 0 saturated heterocycles. The Morgan fingerprint density at radius 3 is 2.53 bits per heavy atom. The van der Waals surface area contributed by atoms with Crippen molar-refractivity contribution in [2.75, 3.05) is 18.5 Å². The number of anilines is 1. The number of carbonyl (C=O) groups excluding carboxylic acids is 1. The smallest absolute Gasteiger partial charge is 0.262 e. The molecule has 3 rings (SSSR count). The van der Waals surface area contributed by atoms with Crippen LogP contribution < -0.4 is 14.8 Å². The van der Waals surface area contributed by atoms with E-state index in [4.69, 9.17) is 9.47 Å². The number of para-hydroxylation sites is 1. The van der Waals surface area contributed by atoms with Gasteiger partial charge in [0.2, 0.25) is 0 Å². The van der Waals surface area contributed by atoms with Crippen molar-refractivity contribution >= 4 is 39.2 Å². The minimum Gasteiger partial charge on any atom is -0.490 e. The van der Waals surface area contributed by atoms with E-state index >= 15 is 0 Å². The predicted molar refractivity (Wildman–Crippen MR) is 126 cm³/mol. The van der Waals surface area contributed by atoms with Gasteiger partial charge in [0.05, 0.1) is 22.7 Å². The van der Waals surface area contributed by atoms with Crippen molar-refractivity contribution < 1.29 is 18.7 Å². The molecule has 0 spiro atoms. The summed E-state index contributed by atoms with van der Waals surface area (Å²) in [4.78, 5) is 12.2. The molecule has 0 bridgehead atoms. The monoisotopic (exact) mass is 494 g/mol. The lowest BCUT2D eigenvalue weighted by Gasteiger charge is -2.15. The van der Waals surface area contributed by atoms with Crippen molar-refractivity contribution in [3.63, 3.8) is 0 Å². The lowest BCUT2D eigenvalue weighted by atomic mass is 10.0. The quantitative estimate of drug-likeness (QED) is 0.304. The Morgan fingerprint density at radius 2 is 1.84 bits per heavy atom. The molecule has 162 valence electrons. The third-order valence-corrected chi connectivity index (χ3v) is 4.92. The molecular weight excluding hydrogens is 475 g/mol. The summed E-state index contributed by atoms with van der Waals surface area (Å²) in [6, 6.07) is 20.6. The number of nitrogens with one attached hydrogen (secondary N) is 1. The third kappa shape index (κ3) is 5.96. The first-order valence-electron chi connectivity index (χ1n) is 9.82. The summed E-state index contributed by atoms with van der Waals surface area (Å²) in [5, 5.41) is 12.3. The summed E-state index contributed by atoms with van der Waals surface area (Å²) in [7, 11) is 0. The number of hydrogen-bond donors (Lipinski definition) is 1. The topological polar surface area (TPSA) is 71.3 Å². The Hall–Kier alpha value is -3.63. The van der Waals surface area contributed by atoms with E-state index in [2.05, 4.69) is 21.2 Å². The first kappa shape index (κ1) is 23.0. The minimum absolute atomic E-state index is 0.174. The average Bonchev–Trinajstić information content (AvgIpc) is 2.78. The van der Waals surface area contributed by atoms with Gasteiger partial charge >= 0.3 is 0 Å². The van der Waals surface area contributed by atoms with Crippen LogP contribution in [0.1, 0.15) is 18.1 Å². The lowest BCUT2D eigenvalue weighted by Crippen LogP contribution is -2.20. The number of nitrogens with zero attached hydrogens (tertiary/aromatic N) is 1. The SMILES string of the molecule is CCOc1cc(/C=C(/C#N)c2ccccc2F)cc(Br)c1OCC(=O)Nc1ccccc1. The van der Waals surface area contributed by atoms with Crippen molar-refractivity contribution in [1.29, 1.82) is 5.26 Å². The molecule has 0 fully saturated rings. The van der Waals surface area contributed by atoms with Gasteiger partial charge in [-0.25, -0.2) is 4.39 Å². The van der Waals surface area contributed by atoms with E-state index < -0.39 is 5.82 Å². The molecule has 7 heteroatoms. The summed E-state index contributed by atoms with van der Waals surface area (Å²) < 4.78 is 26.1. The van der Waals surface area contributed by atoms with Gasteiger partial charge in [-0.3, -0.25) is 4.79 Å². The zero-order chi connectivity index (χ0) is 22.9. The Bertz CT molecular complexity index is 1170. The number of ether oxygens (including phenoxy) is 2. The molecule has 1 amide bonds. The third-order valence-electron chi connectivity index (χ3n) is 4.33. The zero-order valence-corrected chi connectivity index (χ0v) is 18.9. The van der Waals surface area contributed by atoms with Crippen LogP contribution in [0, 0.1) is 17.1 Å². The summed E-state index contributed by atoms with van der Waals surface area (Å²) in [6.07, 6.45) is 1.57. The largest absolute Gasteiger partial charge is 0.490 e. The van der Waals surface area contributed by atoms with E-state index in [1.54, 1.807) is 48.5 Å². The second-order valence-corrected chi connectivity index (χ2v) is 7.47. The lowest BCUT2D eigenvalue weighted by molar-refractivity contribution is -0.118. The van der Waals surface area contributed by atoms with Gasteiger partial charge < -0.3 is 14.8 Å². The van der Waals surface area contributed by atoms with Crippen LogP contribution in [-0.4, -0.2) is 19.1 Å². The van der Waals surface area contributed by atoms with Gasteiger partial charge in [-0.05, 0) is 64.8 Å². The Kier molecular flexibility index (Phi) is 8.01. The molecule has 0 aliphatic carbocycles. The first-order chi connectivity index (χ1) is 15.5. The molecule has 32 heavy (non-hydrogen) atoms. The molecule has 5 nitrogen and oxygen atoms in total. The van der Waals surface area contributed by atoms with Crippen molar-refractivity contribution in [3.8, 4) is 17.6 Å². The maximum atomic E-state index is 14.1. The summed E-state index contributed by atoms with van der Waals surface area (Å²) in [5.74, 6) is -0.0438. The number of allylic oxidation sites excluding steroid dienone is 1. The van der Waals surface area contributed by atoms with Crippen molar-refractivity contribution in [3.05, 3.63) is 88.1 Å². The van der Waals surface area contributed by atoms with E-state index in [-0.39, 0.29) is 23.7 Å². The van der Waals surface area contributed by atoms with Crippen LogP contribution in [0.15, 0.2) is 71.2 Å². The number of halogens is 2. The molecule has 0 aliphatic heterocycles. The molecule has 0 aliphatic rings. The average molecular weight is 495 g/mol. The van der Waals surface area contributed by atoms with Crippen molar-refractivity contribution in [2.24, 2.45) is 0 Å². The minimum atomic E-state index is -0.478. The van der Waals surface area contributed by atoms with E-state index in [9.17, 15) is 14.4 Å². The van der Waals surface area contributed by atoms with Crippen LogP contribution in [0.2, 0.25) is 0 Å². The standard InChI is InChI=1S/C25H20BrFN2O3/c1-2-31-23-14-17(12-18(15-28)20-10-6-7-11-22(20)27)13-21(26)25(23)32-16-24(30)29-19-8-4-3-5-9-19/h3-14H,2,16H2,1H3,(H,29,30)/b18-12-. The van der Waals surface area contributed by atoms with E-state index in [1.165, 1.54) is 6.07 Å². The van der Waals surface area contributed by atoms with Crippen LogP contribution in [-0.2, 0) is 4.79 Å². The van der Waals surface area contributed by atoms with Gasteiger partial charge in [-0.15, -0.1) is 0 Å². The Morgan fingerprint density at radius 1 is 1.12 bits per heavy atom. The van der Waals surface area contributed by atoms with Gasteiger partial charge in [-0.1, -0.05) is 36.4 Å². The second-order valence-electron chi connectivity index (χ2n) is 6.62. The summed E-state index contributed by atoms with van der Waals surface area (Å²) in [6.45, 7) is 1.97. The highest BCUT2D eigenvalue weighted by Crippen LogP contribution is 2.38. The predicted octanol–water partition coefficient (Wildman–Crippen LogP) is 6.07. The number of hydrogen-bond acceptors (Lipinski definition) is 4. The molecule has 0 atom stereocenters.